The molecule has 4 rings (SSSR count). The predicted molar refractivity (Wildman–Crippen MR) is 95.5 cm³/mol. The van der Waals surface area contributed by atoms with E-state index in [-0.39, 0.29) is 11.9 Å². The van der Waals surface area contributed by atoms with Crippen LogP contribution >= 0.6 is 27.3 Å². The van der Waals surface area contributed by atoms with Crippen LogP contribution in [-0.2, 0) is 0 Å². The third-order valence-corrected chi connectivity index (χ3v) is 6.45. The normalized spacial score (nSPS) is 25.5. The molecule has 120 valence electrons. The van der Waals surface area contributed by atoms with Gasteiger partial charge in [0.1, 0.15) is 5.69 Å². The maximum absolute atomic E-state index is 13.1. The lowest BCUT2D eigenvalue weighted by Crippen LogP contribution is -2.43. The maximum atomic E-state index is 13.1. The first-order chi connectivity index (χ1) is 11.1. The van der Waals surface area contributed by atoms with Crippen LogP contribution in [0.15, 0.2) is 28.2 Å². The summed E-state index contributed by atoms with van der Waals surface area (Å²) in [5.74, 6) is 1.27. The number of hydrogen-bond donors (Lipinski definition) is 1. The second kappa shape index (κ2) is 5.69. The highest BCUT2D eigenvalue weighted by Gasteiger charge is 2.53. The molecular weight excluding hydrogens is 374 g/mol. The summed E-state index contributed by atoms with van der Waals surface area (Å²) in [5.41, 5.74) is 8.68. The van der Waals surface area contributed by atoms with Crippen molar-refractivity contribution in [2.45, 2.75) is 19.4 Å². The molecule has 2 fully saturated rings. The van der Waals surface area contributed by atoms with Crippen LogP contribution in [0, 0.1) is 18.8 Å². The van der Waals surface area contributed by atoms with Gasteiger partial charge in [0.2, 0.25) is 0 Å². The van der Waals surface area contributed by atoms with Gasteiger partial charge in [-0.15, -0.1) is 11.3 Å². The Kier molecular flexibility index (Phi) is 3.78. The van der Waals surface area contributed by atoms with Crippen molar-refractivity contribution in [3.8, 4) is 10.4 Å². The van der Waals surface area contributed by atoms with Crippen LogP contribution in [0.2, 0.25) is 0 Å². The van der Waals surface area contributed by atoms with Crippen LogP contribution in [0.4, 0.5) is 0 Å². The number of fused-ring (bicyclic) bond motifs is 1. The van der Waals surface area contributed by atoms with E-state index in [0.29, 0.717) is 24.1 Å². The Morgan fingerprint density at radius 1 is 1.52 bits per heavy atom. The van der Waals surface area contributed by atoms with Crippen molar-refractivity contribution in [2.24, 2.45) is 17.6 Å². The molecular formula is C17H18BrN3OS. The number of nitrogens with two attached hydrogens (primary N) is 1. The topological polar surface area (TPSA) is 59.2 Å². The van der Waals surface area contributed by atoms with Gasteiger partial charge < -0.3 is 10.6 Å². The molecule has 2 heterocycles. The quantitative estimate of drug-likeness (QED) is 0.872. The van der Waals surface area contributed by atoms with Gasteiger partial charge in [-0.1, -0.05) is 29.8 Å². The third-order valence-electron chi connectivity index (χ3n) is 4.89. The minimum absolute atomic E-state index is 0.0195. The Labute approximate surface area is 147 Å². The zero-order chi connectivity index (χ0) is 16.1. The van der Waals surface area contributed by atoms with Gasteiger partial charge in [-0.25, -0.2) is 4.98 Å². The first-order valence-electron chi connectivity index (χ1n) is 7.83. The van der Waals surface area contributed by atoms with E-state index < -0.39 is 0 Å². The highest BCUT2D eigenvalue weighted by Crippen LogP contribution is 2.50. The largest absolute Gasteiger partial charge is 0.332 e. The average molecular weight is 392 g/mol. The van der Waals surface area contributed by atoms with Crippen LogP contribution in [0.25, 0.3) is 10.4 Å². The molecule has 6 heteroatoms. The molecule has 1 amide bonds. The molecule has 0 unspecified atom stereocenters. The van der Waals surface area contributed by atoms with Crippen molar-refractivity contribution in [1.82, 2.24) is 9.88 Å². The number of benzene rings is 1. The average Bonchev–Trinajstić information content (AvgIpc) is 3.03. The Hall–Kier alpha value is -1.24. The molecule has 1 saturated carbocycles. The number of piperidine rings is 1. The van der Waals surface area contributed by atoms with E-state index in [1.165, 1.54) is 23.3 Å². The monoisotopic (exact) mass is 391 g/mol. The molecule has 1 aromatic heterocycles. The number of carbonyl (C=O) groups excluding carboxylic acids is 1. The van der Waals surface area contributed by atoms with E-state index in [1.807, 2.05) is 17.0 Å². The van der Waals surface area contributed by atoms with Gasteiger partial charge in [0.05, 0.1) is 4.88 Å². The molecule has 0 radical (unpaired) electrons. The Morgan fingerprint density at radius 2 is 2.35 bits per heavy atom. The zero-order valence-electron chi connectivity index (χ0n) is 12.8. The summed E-state index contributed by atoms with van der Waals surface area (Å²) in [6.45, 7) is 3.42. The number of carbonyl (C=O) groups is 1. The summed E-state index contributed by atoms with van der Waals surface area (Å²) in [6, 6.07) is 8.38. The molecule has 3 atom stereocenters. The summed E-state index contributed by atoms with van der Waals surface area (Å²) in [6.07, 6.45) is 1.22. The van der Waals surface area contributed by atoms with Gasteiger partial charge in [0.25, 0.3) is 5.91 Å². The lowest BCUT2D eigenvalue weighted by Gasteiger charge is -2.26. The van der Waals surface area contributed by atoms with E-state index in [0.717, 1.165) is 20.9 Å². The van der Waals surface area contributed by atoms with Crippen LogP contribution in [0.3, 0.4) is 0 Å². The number of halogens is 1. The fourth-order valence-corrected chi connectivity index (χ4v) is 5.11. The SMILES string of the molecule is Cc1cccc(-c2sc(Br)nc2C(=O)N2C[C@H]3C[C@H]3[C@H]2CN)c1. The molecule has 2 N–H and O–H groups in total. The molecule has 2 aliphatic rings. The lowest BCUT2D eigenvalue weighted by atomic mass is 10.1. The molecule has 2 aromatic rings. The van der Waals surface area contributed by atoms with E-state index in [4.69, 9.17) is 5.73 Å². The lowest BCUT2D eigenvalue weighted by molar-refractivity contribution is 0.0708. The first-order valence-corrected chi connectivity index (χ1v) is 9.44. The van der Waals surface area contributed by atoms with Crippen molar-refractivity contribution >= 4 is 33.2 Å². The van der Waals surface area contributed by atoms with E-state index in [2.05, 4.69) is 40.0 Å². The van der Waals surface area contributed by atoms with Crippen molar-refractivity contribution < 1.29 is 4.79 Å². The molecule has 4 nitrogen and oxygen atoms in total. The van der Waals surface area contributed by atoms with Crippen molar-refractivity contribution in [3.63, 3.8) is 0 Å². The second-order valence-electron chi connectivity index (χ2n) is 6.43. The molecule has 1 aliphatic carbocycles. The number of aryl methyl sites for hydroxylation is 1. The number of likely N-dealkylation sites (tertiary alicyclic amines) is 1. The van der Waals surface area contributed by atoms with Crippen LogP contribution < -0.4 is 5.73 Å². The first kappa shape index (κ1) is 15.3. The molecule has 0 spiro atoms. The molecule has 0 bridgehead atoms. The molecule has 1 saturated heterocycles. The maximum Gasteiger partial charge on any atom is 0.274 e. The Bertz CT molecular complexity index is 775. The van der Waals surface area contributed by atoms with Crippen LogP contribution in [-0.4, -0.2) is 34.9 Å². The number of nitrogens with zero attached hydrogens (tertiary/aromatic N) is 2. The van der Waals surface area contributed by atoms with Crippen molar-refractivity contribution in [3.05, 3.63) is 39.4 Å². The minimum atomic E-state index is 0.0195. The number of amides is 1. The summed E-state index contributed by atoms with van der Waals surface area (Å²) in [7, 11) is 0. The number of rotatable bonds is 3. The zero-order valence-corrected chi connectivity index (χ0v) is 15.2. The third kappa shape index (κ3) is 2.62. The smallest absolute Gasteiger partial charge is 0.274 e. The highest BCUT2D eigenvalue weighted by atomic mass is 79.9. The summed E-state index contributed by atoms with van der Waals surface area (Å²) in [5, 5.41) is 0. The van der Waals surface area contributed by atoms with E-state index in [1.54, 1.807) is 0 Å². The predicted octanol–water partition coefficient (Wildman–Crippen LogP) is 3.30. The summed E-state index contributed by atoms with van der Waals surface area (Å²) < 4.78 is 0.742. The van der Waals surface area contributed by atoms with Gasteiger partial charge in [-0.3, -0.25) is 4.79 Å². The van der Waals surface area contributed by atoms with Crippen molar-refractivity contribution in [1.29, 1.82) is 0 Å². The van der Waals surface area contributed by atoms with Crippen LogP contribution in [0.1, 0.15) is 22.5 Å². The Morgan fingerprint density at radius 3 is 3.09 bits per heavy atom. The van der Waals surface area contributed by atoms with Gasteiger partial charge in [0, 0.05) is 19.1 Å². The summed E-state index contributed by atoms with van der Waals surface area (Å²) in [4.78, 5) is 20.4. The summed E-state index contributed by atoms with van der Waals surface area (Å²) >= 11 is 4.95. The molecule has 1 aliphatic heterocycles. The number of aromatic nitrogens is 1. The fourth-order valence-electron chi connectivity index (χ4n) is 3.66. The van der Waals surface area contributed by atoms with Crippen LogP contribution in [0.5, 0.6) is 0 Å². The van der Waals surface area contributed by atoms with Gasteiger partial charge in [-0.05, 0) is 46.7 Å². The number of thiazole rings is 1. The van der Waals surface area contributed by atoms with Gasteiger partial charge in [0.15, 0.2) is 3.92 Å². The van der Waals surface area contributed by atoms with E-state index in [9.17, 15) is 4.79 Å². The van der Waals surface area contributed by atoms with Gasteiger partial charge >= 0.3 is 0 Å². The Balaban J connectivity index is 1.70. The standard InChI is InChI=1S/C17H18BrN3OS/c1-9-3-2-4-10(5-9)15-14(20-17(18)23-15)16(22)21-8-11-6-12(11)13(21)7-19/h2-5,11-13H,6-8,19H2,1H3/t11-,12-,13-/m1/s1. The minimum Gasteiger partial charge on any atom is -0.332 e. The molecule has 1 aromatic carbocycles. The van der Waals surface area contributed by atoms with Crippen molar-refractivity contribution in [2.75, 3.05) is 13.1 Å². The van der Waals surface area contributed by atoms with Gasteiger partial charge in [-0.2, -0.15) is 0 Å². The fraction of sp³-hybridized carbons (Fsp3) is 0.412. The number of hydrogen-bond acceptors (Lipinski definition) is 4. The second-order valence-corrected chi connectivity index (χ2v) is 8.71. The van der Waals surface area contributed by atoms with E-state index >= 15 is 0 Å². The molecule has 23 heavy (non-hydrogen) atoms. The highest BCUT2D eigenvalue weighted by molar-refractivity contribution is 9.11.